The number of nitrogens with one attached hydrogen (secondary N) is 1. The highest BCUT2D eigenvalue weighted by molar-refractivity contribution is 5.72. The van der Waals surface area contributed by atoms with E-state index in [9.17, 15) is 4.79 Å². The normalized spacial score (nSPS) is 9.57. The molecule has 3 N–H and O–H groups in total. The Hall–Kier alpha value is -1.71. The van der Waals surface area contributed by atoms with Crippen molar-refractivity contribution >= 4 is 11.6 Å². The average molecular weight is 194 g/mol. The van der Waals surface area contributed by atoms with E-state index >= 15 is 0 Å². The Bertz CT molecular complexity index is 337. The van der Waals surface area contributed by atoms with Crippen molar-refractivity contribution in [3.63, 3.8) is 0 Å². The molecule has 0 aliphatic heterocycles. The van der Waals surface area contributed by atoms with E-state index in [1.807, 2.05) is 6.92 Å². The third-order valence-corrected chi connectivity index (χ3v) is 1.83. The first-order valence-corrected chi connectivity index (χ1v) is 4.46. The minimum absolute atomic E-state index is 0.241. The van der Waals surface area contributed by atoms with Crippen molar-refractivity contribution in [3.05, 3.63) is 23.8 Å². The summed E-state index contributed by atoms with van der Waals surface area (Å²) in [6, 6.07) is 5.36. The van der Waals surface area contributed by atoms with Gasteiger partial charge in [0.25, 0.3) is 0 Å². The molecule has 0 aliphatic rings. The molecular weight excluding hydrogens is 180 g/mol. The number of benzene rings is 1. The lowest BCUT2D eigenvalue weighted by Crippen LogP contribution is -2.24. The molecule has 4 nitrogen and oxygen atoms in total. The lowest BCUT2D eigenvalue weighted by molar-refractivity contribution is -0.125. The first-order valence-electron chi connectivity index (χ1n) is 4.46. The Balaban J connectivity index is 2.85. The largest absolute Gasteiger partial charge is 0.398 e. The number of hydroxylamine groups is 1. The molecule has 0 aliphatic carbocycles. The molecule has 0 radical (unpaired) electrons. The van der Waals surface area contributed by atoms with Gasteiger partial charge in [-0.05, 0) is 18.6 Å². The minimum atomic E-state index is -0.241. The van der Waals surface area contributed by atoms with Gasteiger partial charge >= 0.3 is 0 Å². The number of anilines is 1. The summed E-state index contributed by atoms with van der Waals surface area (Å²) in [6.07, 6.45) is 0.765. The van der Waals surface area contributed by atoms with Gasteiger partial charge in [0, 0.05) is 18.2 Å². The molecule has 0 aromatic heterocycles. The van der Waals surface area contributed by atoms with Crippen LogP contribution < -0.4 is 16.1 Å². The number of carbonyl (C=O) groups excluding carboxylic acids is 1. The first kappa shape index (κ1) is 10.4. The second-order valence-corrected chi connectivity index (χ2v) is 2.94. The molecule has 1 aromatic carbocycles. The standard InChI is InChI=1S/C10H14N2O2/c1-3-8-9(11)5-4-6-10(8)14-12-7(2)13/h4-6H,3,11H2,1-2H3,(H,12,13). The van der Waals surface area contributed by atoms with E-state index in [0.29, 0.717) is 11.4 Å². The summed E-state index contributed by atoms with van der Waals surface area (Å²) in [5.74, 6) is 0.358. The number of carbonyl (C=O) groups is 1. The van der Waals surface area contributed by atoms with Crippen molar-refractivity contribution in [3.8, 4) is 5.75 Å². The van der Waals surface area contributed by atoms with Crippen molar-refractivity contribution in [1.82, 2.24) is 5.48 Å². The van der Waals surface area contributed by atoms with Gasteiger partial charge in [-0.1, -0.05) is 13.0 Å². The number of hydrogen-bond donors (Lipinski definition) is 2. The smallest absolute Gasteiger partial charge is 0.249 e. The fourth-order valence-corrected chi connectivity index (χ4v) is 1.18. The number of hydrogen-bond acceptors (Lipinski definition) is 3. The van der Waals surface area contributed by atoms with E-state index in [-0.39, 0.29) is 5.91 Å². The molecule has 0 atom stereocenters. The maximum Gasteiger partial charge on any atom is 0.249 e. The highest BCUT2D eigenvalue weighted by Gasteiger charge is 2.05. The van der Waals surface area contributed by atoms with Crippen molar-refractivity contribution < 1.29 is 9.63 Å². The molecule has 1 amide bonds. The number of rotatable bonds is 3. The van der Waals surface area contributed by atoms with Gasteiger partial charge in [0.1, 0.15) is 0 Å². The van der Waals surface area contributed by atoms with E-state index in [2.05, 4.69) is 5.48 Å². The Morgan fingerprint density at radius 1 is 1.57 bits per heavy atom. The van der Waals surface area contributed by atoms with Crippen LogP contribution in [-0.2, 0) is 11.2 Å². The fraction of sp³-hybridized carbons (Fsp3) is 0.300. The van der Waals surface area contributed by atoms with E-state index in [0.717, 1.165) is 12.0 Å². The zero-order valence-electron chi connectivity index (χ0n) is 8.33. The highest BCUT2D eigenvalue weighted by atomic mass is 16.7. The summed E-state index contributed by atoms with van der Waals surface area (Å²) >= 11 is 0. The zero-order chi connectivity index (χ0) is 10.6. The highest BCUT2D eigenvalue weighted by Crippen LogP contribution is 2.23. The summed E-state index contributed by atoms with van der Waals surface area (Å²) in [5, 5.41) is 0. The Morgan fingerprint density at radius 2 is 2.29 bits per heavy atom. The maximum absolute atomic E-state index is 10.6. The van der Waals surface area contributed by atoms with Crippen molar-refractivity contribution in [2.45, 2.75) is 20.3 Å². The van der Waals surface area contributed by atoms with E-state index in [4.69, 9.17) is 10.6 Å². The molecule has 0 saturated heterocycles. The van der Waals surface area contributed by atoms with Crippen molar-refractivity contribution in [1.29, 1.82) is 0 Å². The van der Waals surface area contributed by atoms with Crippen LogP contribution in [0, 0.1) is 0 Å². The van der Waals surface area contributed by atoms with Crippen LogP contribution in [-0.4, -0.2) is 5.91 Å². The van der Waals surface area contributed by atoms with Crippen LogP contribution in [0.5, 0.6) is 5.75 Å². The molecule has 0 bridgehead atoms. The average Bonchev–Trinajstić information content (AvgIpc) is 2.14. The molecule has 14 heavy (non-hydrogen) atoms. The molecular formula is C10H14N2O2. The molecule has 1 rings (SSSR count). The van der Waals surface area contributed by atoms with Gasteiger partial charge in [-0.25, -0.2) is 0 Å². The van der Waals surface area contributed by atoms with E-state index in [1.165, 1.54) is 6.92 Å². The summed E-state index contributed by atoms with van der Waals surface area (Å²) in [6.45, 7) is 3.37. The zero-order valence-corrected chi connectivity index (χ0v) is 8.33. The van der Waals surface area contributed by atoms with Crippen LogP contribution >= 0.6 is 0 Å². The maximum atomic E-state index is 10.6. The lowest BCUT2D eigenvalue weighted by atomic mass is 10.1. The molecule has 0 heterocycles. The molecule has 1 aromatic rings. The lowest BCUT2D eigenvalue weighted by Gasteiger charge is -2.10. The molecule has 4 heteroatoms. The van der Waals surface area contributed by atoms with Gasteiger partial charge < -0.3 is 10.6 Å². The van der Waals surface area contributed by atoms with Gasteiger partial charge in [0.05, 0.1) is 0 Å². The van der Waals surface area contributed by atoms with Crippen LogP contribution in [0.2, 0.25) is 0 Å². The minimum Gasteiger partial charge on any atom is -0.398 e. The monoisotopic (exact) mass is 194 g/mol. The second-order valence-electron chi connectivity index (χ2n) is 2.94. The molecule has 76 valence electrons. The number of nitrogens with two attached hydrogens (primary N) is 1. The number of nitrogen functional groups attached to an aromatic ring is 1. The van der Waals surface area contributed by atoms with Gasteiger partial charge in [0.15, 0.2) is 5.75 Å². The summed E-state index contributed by atoms with van der Waals surface area (Å²) in [4.78, 5) is 15.7. The second kappa shape index (κ2) is 4.50. The van der Waals surface area contributed by atoms with Crippen LogP contribution in [0.4, 0.5) is 5.69 Å². The fourth-order valence-electron chi connectivity index (χ4n) is 1.18. The Morgan fingerprint density at radius 3 is 2.86 bits per heavy atom. The van der Waals surface area contributed by atoms with Gasteiger partial charge in [-0.3, -0.25) is 4.79 Å². The third-order valence-electron chi connectivity index (χ3n) is 1.83. The van der Waals surface area contributed by atoms with Crippen LogP contribution in [0.15, 0.2) is 18.2 Å². The van der Waals surface area contributed by atoms with Gasteiger partial charge in [-0.2, -0.15) is 5.48 Å². The third kappa shape index (κ3) is 2.39. The summed E-state index contributed by atoms with van der Waals surface area (Å²) in [5.41, 5.74) is 9.60. The predicted molar refractivity (Wildman–Crippen MR) is 54.7 cm³/mol. The molecule has 0 fully saturated rings. The number of amides is 1. The van der Waals surface area contributed by atoms with Gasteiger partial charge in [0.2, 0.25) is 5.91 Å². The molecule has 0 saturated carbocycles. The molecule has 0 spiro atoms. The van der Waals surface area contributed by atoms with Crippen molar-refractivity contribution in [2.75, 3.05) is 5.73 Å². The molecule has 0 unspecified atom stereocenters. The van der Waals surface area contributed by atoms with Gasteiger partial charge in [-0.15, -0.1) is 0 Å². The van der Waals surface area contributed by atoms with Crippen molar-refractivity contribution in [2.24, 2.45) is 0 Å². The van der Waals surface area contributed by atoms with Crippen LogP contribution in [0.1, 0.15) is 19.4 Å². The summed E-state index contributed by atoms with van der Waals surface area (Å²) in [7, 11) is 0. The first-order chi connectivity index (χ1) is 6.65. The Labute approximate surface area is 83.0 Å². The quantitative estimate of drug-likeness (QED) is 0.562. The summed E-state index contributed by atoms with van der Waals surface area (Å²) < 4.78 is 0. The Kier molecular flexibility index (Phi) is 3.34. The predicted octanol–water partition coefficient (Wildman–Crippen LogP) is 1.26. The topological polar surface area (TPSA) is 64.3 Å². The SMILES string of the molecule is CCc1c(N)cccc1ONC(C)=O. The van der Waals surface area contributed by atoms with E-state index in [1.54, 1.807) is 18.2 Å². The van der Waals surface area contributed by atoms with Crippen LogP contribution in [0.25, 0.3) is 0 Å². The van der Waals surface area contributed by atoms with E-state index < -0.39 is 0 Å². The van der Waals surface area contributed by atoms with Crippen LogP contribution in [0.3, 0.4) is 0 Å².